The molecule has 4 nitrogen and oxygen atoms in total. The number of rotatable bonds is 4. The average Bonchev–Trinajstić information content (AvgIpc) is 2.16. The molecule has 0 spiro atoms. The SMILES string of the molecule is O=C([O-])CCC(=O)OC1CCCCC1. The molecule has 0 aromatic heterocycles. The minimum absolute atomic E-state index is 0.0120. The molecule has 0 heterocycles. The van der Waals surface area contributed by atoms with Gasteiger partial charge in [-0.2, -0.15) is 0 Å². The van der Waals surface area contributed by atoms with Crippen LogP contribution in [0, 0.1) is 0 Å². The van der Waals surface area contributed by atoms with Crippen LogP contribution in [0.3, 0.4) is 0 Å². The van der Waals surface area contributed by atoms with Gasteiger partial charge in [-0.1, -0.05) is 6.42 Å². The van der Waals surface area contributed by atoms with Gasteiger partial charge in [0.05, 0.1) is 6.42 Å². The molecule has 1 fully saturated rings. The van der Waals surface area contributed by atoms with Crippen molar-refractivity contribution in [2.75, 3.05) is 0 Å². The second-order valence-electron chi connectivity index (χ2n) is 3.62. The number of hydrogen-bond acceptors (Lipinski definition) is 4. The molecule has 1 saturated carbocycles. The number of carbonyl (C=O) groups excluding carboxylic acids is 2. The lowest BCUT2D eigenvalue weighted by atomic mass is 9.98. The molecule has 1 aliphatic rings. The van der Waals surface area contributed by atoms with Crippen LogP contribution < -0.4 is 5.11 Å². The van der Waals surface area contributed by atoms with Crippen LogP contribution in [0.5, 0.6) is 0 Å². The maximum absolute atomic E-state index is 11.1. The normalized spacial score (nSPS) is 17.7. The molecule has 0 saturated heterocycles. The highest BCUT2D eigenvalue weighted by atomic mass is 16.5. The van der Waals surface area contributed by atoms with E-state index in [1.807, 2.05) is 0 Å². The van der Waals surface area contributed by atoms with Crippen LogP contribution in [0.4, 0.5) is 0 Å². The Labute approximate surface area is 83.2 Å². The van der Waals surface area contributed by atoms with E-state index in [1.54, 1.807) is 0 Å². The molecular formula is C10H15O4-. The Morgan fingerprint density at radius 2 is 1.79 bits per heavy atom. The molecule has 80 valence electrons. The first-order valence-corrected chi connectivity index (χ1v) is 5.08. The summed E-state index contributed by atoms with van der Waals surface area (Å²) in [6.45, 7) is 0. The summed E-state index contributed by atoms with van der Waals surface area (Å²) in [5.74, 6) is -1.62. The molecule has 0 unspecified atom stereocenters. The fraction of sp³-hybridized carbons (Fsp3) is 0.800. The first-order chi connectivity index (χ1) is 6.68. The zero-order chi connectivity index (χ0) is 10.4. The number of aliphatic carboxylic acids is 1. The number of esters is 1. The number of carboxylic acids is 1. The van der Waals surface area contributed by atoms with Gasteiger partial charge in [0.1, 0.15) is 6.10 Å². The summed E-state index contributed by atoms with van der Waals surface area (Å²) in [5.41, 5.74) is 0. The third-order valence-corrected chi connectivity index (χ3v) is 2.38. The van der Waals surface area contributed by atoms with Crippen LogP contribution in [0.1, 0.15) is 44.9 Å². The highest BCUT2D eigenvalue weighted by Gasteiger charge is 2.17. The van der Waals surface area contributed by atoms with Crippen LogP contribution in [0.2, 0.25) is 0 Å². The van der Waals surface area contributed by atoms with Crippen molar-refractivity contribution in [2.45, 2.75) is 51.0 Å². The molecule has 14 heavy (non-hydrogen) atoms. The minimum atomic E-state index is -1.20. The summed E-state index contributed by atoms with van der Waals surface area (Å²) in [7, 11) is 0. The van der Waals surface area contributed by atoms with E-state index in [0.717, 1.165) is 25.7 Å². The monoisotopic (exact) mass is 199 g/mol. The maximum atomic E-state index is 11.1. The quantitative estimate of drug-likeness (QED) is 0.614. The van der Waals surface area contributed by atoms with Gasteiger partial charge in [0.2, 0.25) is 0 Å². The second-order valence-corrected chi connectivity index (χ2v) is 3.62. The van der Waals surface area contributed by atoms with E-state index in [2.05, 4.69) is 0 Å². The van der Waals surface area contributed by atoms with Crippen molar-refractivity contribution in [1.82, 2.24) is 0 Å². The van der Waals surface area contributed by atoms with Crippen molar-refractivity contribution in [3.63, 3.8) is 0 Å². The van der Waals surface area contributed by atoms with Gasteiger partial charge in [0.15, 0.2) is 0 Å². The fourth-order valence-electron chi connectivity index (χ4n) is 1.63. The number of carbonyl (C=O) groups is 2. The maximum Gasteiger partial charge on any atom is 0.306 e. The summed E-state index contributed by atoms with van der Waals surface area (Å²) >= 11 is 0. The summed E-state index contributed by atoms with van der Waals surface area (Å²) in [4.78, 5) is 21.2. The van der Waals surface area contributed by atoms with Gasteiger partial charge in [-0.3, -0.25) is 4.79 Å². The molecule has 0 bridgehead atoms. The molecule has 0 aromatic carbocycles. The zero-order valence-corrected chi connectivity index (χ0v) is 8.16. The lowest BCUT2D eigenvalue weighted by Crippen LogP contribution is -2.25. The third-order valence-electron chi connectivity index (χ3n) is 2.38. The molecule has 0 aliphatic heterocycles. The van der Waals surface area contributed by atoms with Gasteiger partial charge in [0.25, 0.3) is 0 Å². The largest absolute Gasteiger partial charge is 0.550 e. The second kappa shape index (κ2) is 5.62. The molecule has 0 radical (unpaired) electrons. The van der Waals surface area contributed by atoms with Crippen molar-refractivity contribution < 1.29 is 19.4 Å². The van der Waals surface area contributed by atoms with Gasteiger partial charge in [-0.15, -0.1) is 0 Å². The van der Waals surface area contributed by atoms with Crippen molar-refractivity contribution >= 4 is 11.9 Å². The molecular weight excluding hydrogens is 184 g/mol. The Bertz CT molecular complexity index is 206. The Kier molecular flexibility index (Phi) is 4.43. The summed E-state index contributed by atoms with van der Waals surface area (Å²) < 4.78 is 5.11. The van der Waals surface area contributed by atoms with E-state index in [1.165, 1.54) is 6.42 Å². The zero-order valence-electron chi connectivity index (χ0n) is 8.16. The highest BCUT2D eigenvalue weighted by molar-refractivity contribution is 5.75. The first kappa shape index (κ1) is 11.0. The smallest absolute Gasteiger partial charge is 0.306 e. The van der Waals surface area contributed by atoms with Crippen LogP contribution in [-0.4, -0.2) is 18.0 Å². The molecule has 1 rings (SSSR count). The predicted molar refractivity (Wildman–Crippen MR) is 47.2 cm³/mol. The lowest BCUT2D eigenvalue weighted by Gasteiger charge is -2.21. The lowest BCUT2D eigenvalue weighted by molar-refractivity contribution is -0.305. The third kappa shape index (κ3) is 4.25. The van der Waals surface area contributed by atoms with Gasteiger partial charge in [-0.25, -0.2) is 0 Å². The van der Waals surface area contributed by atoms with E-state index in [4.69, 9.17) is 4.74 Å². The van der Waals surface area contributed by atoms with Crippen LogP contribution in [0.25, 0.3) is 0 Å². The predicted octanol–water partition coefficient (Wildman–Crippen LogP) is 0.392. The van der Waals surface area contributed by atoms with Crippen molar-refractivity contribution in [3.05, 3.63) is 0 Å². The van der Waals surface area contributed by atoms with Crippen molar-refractivity contribution in [2.24, 2.45) is 0 Å². The Morgan fingerprint density at radius 1 is 1.14 bits per heavy atom. The summed E-state index contributed by atoms with van der Waals surface area (Å²) in [6.07, 6.45) is 4.92. The molecule has 1 aliphatic carbocycles. The van der Waals surface area contributed by atoms with Crippen molar-refractivity contribution in [3.8, 4) is 0 Å². The molecule has 0 N–H and O–H groups in total. The first-order valence-electron chi connectivity index (χ1n) is 5.08. The number of hydrogen-bond donors (Lipinski definition) is 0. The Balaban J connectivity index is 2.15. The Morgan fingerprint density at radius 3 is 2.36 bits per heavy atom. The van der Waals surface area contributed by atoms with Gasteiger partial charge in [0, 0.05) is 5.97 Å². The fourth-order valence-corrected chi connectivity index (χ4v) is 1.63. The van der Waals surface area contributed by atoms with Crippen LogP contribution in [0.15, 0.2) is 0 Å². The molecule has 0 amide bonds. The standard InChI is InChI=1S/C10H16O4/c11-9(12)6-7-10(13)14-8-4-2-1-3-5-8/h8H,1-7H2,(H,11,12)/p-1. The number of ether oxygens (including phenoxy) is 1. The van der Waals surface area contributed by atoms with E-state index < -0.39 is 11.9 Å². The Hall–Kier alpha value is -1.06. The van der Waals surface area contributed by atoms with Crippen LogP contribution >= 0.6 is 0 Å². The van der Waals surface area contributed by atoms with Crippen molar-refractivity contribution in [1.29, 1.82) is 0 Å². The highest BCUT2D eigenvalue weighted by Crippen LogP contribution is 2.20. The molecule has 0 atom stereocenters. The van der Waals surface area contributed by atoms with E-state index in [9.17, 15) is 14.7 Å². The van der Waals surface area contributed by atoms with E-state index in [-0.39, 0.29) is 18.9 Å². The molecule has 0 aromatic rings. The topological polar surface area (TPSA) is 66.4 Å². The van der Waals surface area contributed by atoms with E-state index in [0.29, 0.717) is 0 Å². The van der Waals surface area contributed by atoms with Crippen LogP contribution in [-0.2, 0) is 14.3 Å². The van der Waals surface area contributed by atoms with Gasteiger partial charge in [-0.05, 0) is 32.1 Å². The van der Waals surface area contributed by atoms with E-state index >= 15 is 0 Å². The summed E-state index contributed by atoms with van der Waals surface area (Å²) in [6, 6.07) is 0. The molecule has 4 heteroatoms. The average molecular weight is 199 g/mol. The minimum Gasteiger partial charge on any atom is -0.550 e. The van der Waals surface area contributed by atoms with Gasteiger partial charge >= 0.3 is 5.97 Å². The van der Waals surface area contributed by atoms with Gasteiger partial charge < -0.3 is 14.6 Å². The summed E-state index contributed by atoms with van der Waals surface area (Å²) in [5, 5.41) is 10.1. The number of carboxylic acid groups (broad SMARTS) is 1.